The number of ether oxygens (including phenoxy) is 1. The summed E-state index contributed by atoms with van der Waals surface area (Å²) >= 11 is 0. The van der Waals surface area contributed by atoms with Gasteiger partial charge in [-0.05, 0) is 31.2 Å². The van der Waals surface area contributed by atoms with Gasteiger partial charge in [-0.2, -0.15) is 0 Å². The molecule has 1 heterocycles. The molecule has 1 saturated heterocycles. The lowest BCUT2D eigenvalue weighted by Crippen LogP contribution is -2.39. The predicted octanol–water partition coefficient (Wildman–Crippen LogP) is 2.27. The molecule has 2 aliphatic rings. The van der Waals surface area contributed by atoms with E-state index < -0.39 is 0 Å². The quantitative estimate of drug-likeness (QED) is 0.854. The van der Waals surface area contributed by atoms with Gasteiger partial charge < -0.3 is 15.2 Å². The fourth-order valence-corrected chi connectivity index (χ4v) is 2.95. The molecule has 3 nitrogen and oxygen atoms in total. The summed E-state index contributed by atoms with van der Waals surface area (Å²) in [4.78, 5) is 0. The van der Waals surface area contributed by atoms with Crippen LogP contribution in [0.4, 0.5) is 0 Å². The van der Waals surface area contributed by atoms with Crippen LogP contribution < -0.4 is 5.32 Å². The van der Waals surface area contributed by atoms with E-state index in [0.29, 0.717) is 6.04 Å². The summed E-state index contributed by atoms with van der Waals surface area (Å²) in [5, 5.41) is 14.2. The number of hydrogen-bond donors (Lipinski definition) is 2. The smallest absolute Gasteiger partial charge is 0.0858 e. The first-order valence-corrected chi connectivity index (χ1v) is 7.34. The van der Waals surface area contributed by atoms with E-state index in [-0.39, 0.29) is 11.5 Å². The lowest BCUT2D eigenvalue weighted by atomic mass is 9.92. The third-order valence-corrected chi connectivity index (χ3v) is 4.55. The fraction of sp³-hybridized carbons (Fsp3) is 0.625. The van der Waals surface area contributed by atoms with Crippen LogP contribution in [0.2, 0.25) is 0 Å². The van der Waals surface area contributed by atoms with Crippen molar-refractivity contribution in [1.29, 1.82) is 0 Å². The topological polar surface area (TPSA) is 41.5 Å². The van der Waals surface area contributed by atoms with Crippen molar-refractivity contribution in [3.05, 3.63) is 35.9 Å². The molecule has 0 bridgehead atoms. The zero-order valence-corrected chi connectivity index (χ0v) is 11.3. The first-order valence-electron chi connectivity index (χ1n) is 7.34. The van der Waals surface area contributed by atoms with Gasteiger partial charge in [0, 0.05) is 31.2 Å². The average Bonchev–Trinajstić information content (AvgIpc) is 3.28. The van der Waals surface area contributed by atoms with Gasteiger partial charge in [0.1, 0.15) is 0 Å². The predicted molar refractivity (Wildman–Crippen MR) is 74.9 cm³/mol. The standard InChI is InChI=1S/C16H23NO2/c18-15(13-4-2-1-3-5-13)16(8-9-16)12-17-14-6-10-19-11-7-14/h1-5,14-15,17-18H,6-12H2. The van der Waals surface area contributed by atoms with Gasteiger partial charge in [-0.3, -0.25) is 0 Å². The van der Waals surface area contributed by atoms with Crippen molar-refractivity contribution in [2.75, 3.05) is 19.8 Å². The zero-order valence-electron chi connectivity index (χ0n) is 11.3. The van der Waals surface area contributed by atoms with Crippen LogP contribution in [0.25, 0.3) is 0 Å². The van der Waals surface area contributed by atoms with Crippen LogP contribution in [-0.2, 0) is 4.74 Å². The first kappa shape index (κ1) is 13.1. The Balaban J connectivity index is 1.57. The number of hydrogen-bond acceptors (Lipinski definition) is 3. The van der Waals surface area contributed by atoms with E-state index in [4.69, 9.17) is 4.74 Å². The SMILES string of the molecule is OC(c1ccccc1)C1(CNC2CCOCC2)CC1. The monoisotopic (exact) mass is 261 g/mol. The molecule has 0 amide bonds. The molecule has 2 N–H and O–H groups in total. The molecular weight excluding hydrogens is 238 g/mol. The van der Waals surface area contributed by atoms with Gasteiger partial charge in [0.05, 0.1) is 6.10 Å². The Kier molecular flexibility index (Phi) is 3.87. The number of rotatable bonds is 5. The van der Waals surface area contributed by atoms with Crippen LogP contribution >= 0.6 is 0 Å². The second kappa shape index (κ2) is 5.61. The van der Waals surface area contributed by atoms with Crippen molar-refractivity contribution in [3.8, 4) is 0 Å². The molecule has 1 aliphatic heterocycles. The maximum absolute atomic E-state index is 10.6. The van der Waals surface area contributed by atoms with Crippen molar-refractivity contribution in [3.63, 3.8) is 0 Å². The Labute approximate surface area is 115 Å². The molecule has 1 saturated carbocycles. The molecule has 1 aromatic rings. The molecule has 104 valence electrons. The van der Waals surface area contributed by atoms with E-state index in [9.17, 15) is 5.11 Å². The summed E-state index contributed by atoms with van der Waals surface area (Å²) in [6.07, 6.45) is 4.11. The minimum Gasteiger partial charge on any atom is -0.388 e. The minimum absolute atomic E-state index is 0.0691. The molecule has 3 heteroatoms. The highest BCUT2D eigenvalue weighted by atomic mass is 16.5. The molecule has 0 aromatic heterocycles. The van der Waals surface area contributed by atoms with Gasteiger partial charge >= 0.3 is 0 Å². The lowest BCUT2D eigenvalue weighted by Gasteiger charge is -2.28. The molecule has 0 radical (unpaired) electrons. The van der Waals surface area contributed by atoms with Crippen molar-refractivity contribution in [2.45, 2.75) is 37.8 Å². The zero-order chi connectivity index (χ0) is 13.1. The highest BCUT2D eigenvalue weighted by molar-refractivity contribution is 5.22. The Bertz CT molecular complexity index is 396. The maximum atomic E-state index is 10.6. The molecule has 0 spiro atoms. The van der Waals surface area contributed by atoms with Crippen LogP contribution in [0.1, 0.15) is 37.4 Å². The van der Waals surface area contributed by atoms with Crippen molar-refractivity contribution in [2.24, 2.45) is 5.41 Å². The van der Waals surface area contributed by atoms with Gasteiger partial charge in [-0.1, -0.05) is 30.3 Å². The van der Waals surface area contributed by atoms with Crippen molar-refractivity contribution in [1.82, 2.24) is 5.32 Å². The summed E-state index contributed by atoms with van der Waals surface area (Å²) in [5.41, 5.74) is 1.12. The molecule has 3 rings (SSSR count). The third kappa shape index (κ3) is 2.99. The second-order valence-corrected chi connectivity index (χ2v) is 5.94. The third-order valence-electron chi connectivity index (χ3n) is 4.55. The second-order valence-electron chi connectivity index (χ2n) is 5.94. The van der Waals surface area contributed by atoms with Gasteiger partial charge in [0.15, 0.2) is 0 Å². The number of benzene rings is 1. The van der Waals surface area contributed by atoms with Crippen molar-refractivity contribution < 1.29 is 9.84 Å². The molecule has 1 atom stereocenters. The van der Waals surface area contributed by atoms with E-state index in [0.717, 1.165) is 51.0 Å². The lowest BCUT2D eigenvalue weighted by molar-refractivity contribution is 0.0637. The molecule has 1 aromatic carbocycles. The molecular formula is C16H23NO2. The van der Waals surface area contributed by atoms with E-state index >= 15 is 0 Å². The first-order chi connectivity index (χ1) is 9.30. The van der Waals surface area contributed by atoms with Crippen LogP contribution in [-0.4, -0.2) is 30.9 Å². The fourth-order valence-electron chi connectivity index (χ4n) is 2.95. The van der Waals surface area contributed by atoms with Gasteiger partial charge in [0.25, 0.3) is 0 Å². The van der Waals surface area contributed by atoms with E-state index in [1.165, 1.54) is 0 Å². The molecule has 19 heavy (non-hydrogen) atoms. The van der Waals surface area contributed by atoms with Crippen LogP contribution in [0.15, 0.2) is 30.3 Å². The summed E-state index contributed by atoms with van der Waals surface area (Å²) < 4.78 is 5.37. The number of aliphatic hydroxyl groups excluding tert-OH is 1. The molecule has 1 aliphatic carbocycles. The minimum atomic E-state index is -0.332. The normalized spacial score (nSPS) is 24.1. The Morgan fingerprint density at radius 2 is 1.89 bits per heavy atom. The van der Waals surface area contributed by atoms with Crippen LogP contribution in [0.5, 0.6) is 0 Å². The maximum Gasteiger partial charge on any atom is 0.0858 e. The van der Waals surface area contributed by atoms with Crippen molar-refractivity contribution >= 4 is 0 Å². The summed E-state index contributed by atoms with van der Waals surface area (Å²) in [6, 6.07) is 10.6. The van der Waals surface area contributed by atoms with E-state index in [1.807, 2.05) is 30.3 Å². The molecule has 1 unspecified atom stereocenters. The average molecular weight is 261 g/mol. The van der Waals surface area contributed by atoms with Crippen LogP contribution in [0.3, 0.4) is 0 Å². The van der Waals surface area contributed by atoms with Gasteiger partial charge in [-0.25, -0.2) is 0 Å². The summed E-state index contributed by atoms with van der Waals surface area (Å²) in [7, 11) is 0. The summed E-state index contributed by atoms with van der Waals surface area (Å²) in [6.45, 7) is 2.66. The highest BCUT2D eigenvalue weighted by Crippen LogP contribution is 2.54. The van der Waals surface area contributed by atoms with Gasteiger partial charge in [-0.15, -0.1) is 0 Å². The highest BCUT2D eigenvalue weighted by Gasteiger charge is 2.49. The summed E-state index contributed by atoms with van der Waals surface area (Å²) in [5.74, 6) is 0. The number of nitrogens with one attached hydrogen (secondary N) is 1. The van der Waals surface area contributed by atoms with E-state index in [2.05, 4.69) is 5.32 Å². The largest absolute Gasteiger partial charge is 0.388 e. The Morgan fingerprint density at radius 1 is 1.21 bits per heavy atom. The molecule has 2 fully saturated rings. The van der Waals surface area contributed by atoms with Crippen LogP contribution in [0, 0.1) is 5.41 Å². The number of aliphatic hydroxyl groups is 1. The Morgan fingerprint density at radius 3 is 2.53 bits per heavy atom. The Hall–Kier alpha value is -0.900. The van der Waals surface area contributed by atoms with Gasteiger partial charge in [0.2, 0.25) is 0 Å². The van der Waals surface area contributed by atoms with E-state index in [1.54, 1.807) is 0 Å².